The zero-order valence-electron chi connectivity index (χ0n) is 9.90. The van der Waals surface area contributed by atoms with Gasteiger partial charge in [0, 0.05) is 23.2 Å². The highest BCUT2D eigenvalue weighted by molar-refractivity contribution is 6.01. The first kappa shape index (κ1) is 11.3. The van der Waals surface area contributed by atoms with E-state index < -0.39 is 12.0 Å². The van der Waals surface area contributed by atoms with Crippen molar-refractivity contribution in [2.24, 2.45) is 0 Å². The fraction of sp³-hybridized carbons (Fsp3) is 0.0769. The highest BCUT2D eigenvalue weighted by atomic mass is 16.5. The van der Waals surface area contributed by atoms with Gasteiger partial charge in [-0.2, -0.15) is 0 Å². The van der Waals surface area contributed by atoms with Crippen molar-refractivity contribution in [3.05, 3.63) is 42.2 Å². The molecule has 2 heterocycles. The average molecular weight is 257 g/mol. The molecule has 0 saturated carbocycles. The van der Waals surface area contributed by atoms with E-state index in [0.717, 1.165) is 10.9 Å². The smallest absolute Gasteiger partial charge is 0.333 e. The number of para-hydroxylation sites is 1. The molecule has 2 aromatic rings. The number of benzene rings is 1. The number of H-pyrrole nitrogens is 1. The van der Waals surface area contributed by atoms with Gasteiger partial charge in [0.15, 0.2) is 0 Å². The van der Waals surface area contributed by atoms with E-state index in [4.69, 9.17) is 4.74 Å². The number of aromatic amines is 1. The molecule has 6 nitrogen and oxygen atoms in total. The van der Waals surface area contributed by atoms with Crippen LogP contribution in [0.5, 0.6) is 0 Å². The Morgan fingerprint density at radius 2 is 2.11 bits per heavy atom. The summed E-state index contributed by atoms with van der Waals surface area (Å²) in [5, 5.41) is 6.20. The number of ether oxygens (including phenoxy) is 1. The maximum atomic E-state index is 11.8. The third-order valence-corrected chi connectivity index (χ3v) is 2.77. The van der Waals surface area contributed by atoms with E-state index >= 15 is 0 Å². The molecule has 0 fully saturated rings. The van der Waals surface area contributed by atoms with Gasteiger partial charge in [-0.3, -0.25) is 0 Å². The van der Waals surface area contributed by atoms with Gasteiger partial charge in [0.2, 0.25) is 0 Å². The average Bonchev–Trinajstić information content (AvgIpc) is 2.97. The SMILES string of the molecule is O=C(NC1=CC(=O)OC1)Nc1c[nH]c2ccccc12. The van der Waals surface area contributed by atoms with Gasteiger partial charge in [0.1, 0.15) is 6.61 Å². The predicted octanol–water partition coefficient (Wildman–Crippen LogP) is 1.73. The van der Waals surface area contributed by atoms with Gasteiger partial charge in [-0.05, 0) is 6.07 Å². The van der Waals surface area contributed by atoms with Crippen molar-refractivity contribution < 1.29 is 14.3 Å². The van der Waals surface area contributed by atoms with Crippen LogP contribution < -0.4 is 10.6 Å². The zero-order chi connectivity index (χ0) is 13.2. The standard InChI is InChI=1S/C13H11N3O3/c17-12-5-8(7-19-12)15-13(18)16-11-6-14-10-4-2-1-3-9(10)11/h1-6,14H,7H2,(H2,15,16,18). The minimum absolute atomic E-state index is 0.0974. The highest BCUT2D eigenvalue weighted by Gasteiger charge is 2.15. The largest absolute Gasteiger partial charge is 0.456 e. The van der Waals surface area contributed by atoms with Crippen LogP contribution in [0.1, 0.15) is 0 Å². The Balaban J connectivity index is 1.73. The quantitative estimate of drug-likeness (QED) is 0.716. The van der Waals surface area contributed by atoms with Gasteiger partial charge >= 0.3 is 12.0 Å². The fourth-order valence-corrected chi connectivity index (χ4v) is 1.92. The molecule has 0 radical (unpaired) electrons. The number of aromatic nitrogens is 1. The first-order chi connectivity index (χ1) is 9.22. The maximum absolute atomic E-state index is 11.8. The van der Waals surface area contributed by atoms with Crippen LogP contribution in [0.3, 0.4) is 0 Å². The van der Waals surface area contributed by atoms with Crippen LogP contribution in [0.2, 0.25) is 0 Å². The molecule has 2 amide bonds. The summed E-state index contributed by atoms with van der Waals surface area (Å²) < 4.78 is 4.69. The molecule has 0 saturated heterocycles. The molecule has 19 heavy (non-hydrogen) atoms. The summed E-state index contributed by atoms with van der Waals surface area (Å²) in [7, 11) is 0. The number of carbonyl (C=O) groups excluding carboxylic acids is 2. The number of urea groups is 1. The number of hydrogen-bond acceptors (Lipinski definition) is 3. The molecule has 0 aliphatic carbocycles. The number of anilines is 1. The van der Waals surface area contributed by atoms with Crippen LogP contribution in [-0.2, 0) is 9.53 Å². The molecule has 96 valence electrons. The Hall–Kier alpha value is -2.76. The van der Waals surface area contributed by atoms with Gasteiger partial charge in [-0.15, -0.1) is 0 Å². The summed E-state index contributed by atoms with van der Waals surface area (Å²) in [4.78, 5) is 25.7. The van der Waals surface area contributed by atoms with Gasteiger partial charge < -0.3 is 20.4 Å². The number of nitrogens with one attached hydrogen (secondary N) is 3. The number of amides is 2. The lowest BCUT2D eigenvalue weighted by atomic mass is 10.2. The summed E-state index contributed by atoms with van der Waals surface area (Å²) in [6.07, 6.45) is 2.98. The topological polar surface area (TPSA) is 83.2 Å². The Labute approximate surface area is 108 Å². The van der Waals surface area contributed by atoms with Crippen molar-refractivity contribution >= 4 is 28.6 Å². The molecule has 3 rings (SSSR count). The first-order valence-corrected chi connectivity index (χ1v) is 5.74. The summed E-state index contributed by atoms with van der Waals surface area (Å²) in [6.45, 7) is 0.0974. The van der Waals surface area contributed by atoms with E-state index in [2.05, 4.69) is 15.6 Å². The molecule has 0 spiro atoms. The van der Waals surface area contributed by atoms with E-state index in [0.29, 0.717) is 11.4 Å². The number of carbonyl (C=O) groups is 2. The van der Waals surface area contributed by atoms with E-state index in [9.17, 15) is 9.59 Å². The molecule has 1 aromatic heterocycles. The van der Waals surface area contributed by atoms with Gasteiger partial charge in [0.05, 0.1) is 11.4 Å². The van der Waals surface area contributed by atoms with Crippen molar-refractivity contribution in [1.82, 2.24) is 10.3 Å². The summed E-state index contributed by atoms with van der Waals surface area (Å²) in [5.74, 6) is -0.442. The molecule has 0 atom stereocenters. The van der Waals surface area contributed by atoms with Crippen LogP contribution >= 0.6 is 0 Å². The Bertz CT molecular complexity index is 687. The van der Waals surface area contributed by atoms with Crippen LogP contribution in [0.4, 0.5) is 10.5 Å². The molecule has 0 unspecified atom stereocenters. The number of cyclic esters (lactones) is 1. The molecule has 1 aliphatic rings. The molecule has 6 heteroatoms. The van der Waals surface area contributed by atoms with E-state index in [-0.39, 0.29) is 6.61 Å². The Morgan fingerprint density at radius 1 is 1.26 bits per heavy atom. The third kappa shape index (κ3) is 2.28. The number of rotatable bonds is 2. The van der Waals surface area contributed by atoms with Crippen LogP contribution in [0.15, 0.2) is 42.2 Å². The van der Waals surface area contributed by atoms with Crippen molar-refractivity contribution in [2.45, 2.75) is 0 Å². The Morgan fingerprint density at radius 3 is 2.89 bits per heavy atom. The maximum Gasteiger partial charge on any atom is 0.333 e. The minimum Gasteiger partial charge on any atom is -0.456 e. The molecular weight excluding hydrogens is 246 g/mol. The van der Waals surface area contributed by atoms with Crippen LogP contribution in [-0.4, -0.2) is 23.6 Å². The minimum atomic E-state index is -0.442. The molecular formula is C13H11N3O3. The lowest BCUT2D eigenvalue weighted by Gasteiger charge is -2.06. The number of esters is 1. The number of hydrogen-bond donors (Lipinski definition) is 3. The Kier molecular flexibility index (Phi) is 2.68. The van der Waals surface area contributed by atoms with Crippen LogP contribution in [0.25, 0.3) is 10.9 Å². The van der Waals surface area contributed by atoms with Gasteiger partial charge in [-0.25, -0.2) is 9.59 Å². The first-order valence-electron chi connectivity index (χ1n) is 5.74. The normalized spacial score (nSPS) is 14.1. The van der Waals surface area contributed by atoms with E-state index in [1.807, 2.05) is 24.3 Å². The predicted molar refractivity (Wildman–Crippen MR) is 69.5 cm³/mol. The van der Waals surface area contributed by atoms with E-state index in [1.165, 1.54) is 6.08 Å². The lowest BCUT2D eigenvalue weighted by molar-refractivity contribution is -0.134. The number of fused-ring (bicyclic) bond motifs is 1. The fourth-order valence-electron chi connectivity index (χ4n) is 1.92. The van der Waals surface area contributed by atoms with Gasteiger partial charge in [-0.1, -0.05) is 18.2 Å². The molecule has 0 bridgehead atoms. The monoisotopic (exact) mass is 257 g/mol. The molecule has 3 N–H and O–H groups in total. The van der Waals surface area contributed by atoms with Crippen molar-refractivity contribution in [3.63, 3.8) is 0 Å². The van der Waals surface area contributed by atoms with Crippen molar-refractivity contribution in [2.75, 3.05) is 11.9 Å². The second kappa shape index (κ2) is 4.49. The third-order valence-electron chi connectivity index (χ3n) is 2.77. The van der Waals surface area contributed by atoms with E-state index in [1.54, 1.807) is 6.20 Å². The second-order valence-electron chi connectivity index (χ2n) is 4.10. The summed E-state index contributed by atoms with van der Waals surface area (Å²) in [6, 6.07) is 7.22. The van der Waals surface area contributed by atoms with Gasteiger partial charge in [0.25, 0.3) is 0 Å². The zero-order valence-corrected chi connectivity index (χ0v) is 9.90. The lowest BCUT2D eigenvalue weighted by Crippen LogP contribution is -2.28. The summed E-state index contributed by atoms with van der Waals surface area (Å²) >= 11 is 0. The summed E-state index contributed by atoms with van der Waals surface area (Å²) in [5.41, 5.74) is 2.07. The van der Waals surface area contributed by atoms with Crippen LogP contribution in [0, 0.1) is 0 Å². The second-order valence-corrected chi connectivity index (χ2v) is 4.10. The molecule has 1 aliphatic heterocycles. The molecule has 1 aromatic carbocycles. The van der Waals surface area contributed by atoms with Crippen molar-refractivity contribution in [3.8, 4) is 0 Å². The highest BCUT2D eigenvalue weighted by Crippen LogP contribution is 2.22. The van der Waals surface area contributed by atoms with Crippen molar-refractivity contribution in [1.29, 1.82) is 0 Å².